The van der Waals surface area contributed by atoms with E-state index >= 15 is 0 Å². The monoisotopic (exact) mass is 494 g/mol. The van der Waals surface area contributed by atoms with Crippen LogP contribution in [0.5, 0.6) is 5.75 Å². The van der Waals surface area contributed by atoms with E-state index in [1.165, 1.54) is 35.9 Å². The maximum absolute atomic E-state index is 13.2. The molecule has 1 aliphatic heterocycles. The third kappa shape index (κ3) is 4.95. The lowest BCUT2D eigenvalue weighted by atomic mass is 9.81. The maximum Gasteiger partial charge on any atom is 0.328 e. The number of carbonyl (C=O) groups is 1. The number of rotatable bonds is 6. The van der Waals surface area contributed by atoms with Gasteiger partial charge in [-0.1, -0.05) is 19.4 Å². The lowest BCUT2D eigenvalue weighted by Gasteiger charge is -2.40. The van der Waals surface area contributed by atoms with Crippen molar-refractivity contribution in [1.82, 2.24) is 19.4 Å². The predicted molar refractivity (Wildman–Crippen MR) is 140 cm³/mol. The Bertz CT molecular complexity index is 1230. The minimum Gasteiger partial charge on any atom is -0.497 e. The highest BCUT2D eigenvalue weighted by Crippen LogP contribution is 2.33. The number of methoxy groups -OCH3 is 1. The predicted octanol–water partition coefficient (Wildman–Crippen LogP) is 3.35. The van der Waals surface area contributed by atoms with Gasteiger partial charge in [0.25, 0.3) is 5.56 Å². The van der Waals surface area contributed by atoms with E-state index in [4.69, 9.17) is 4.74 Å². The fourth-order valence-corrected chi connectivity index (χ4v) is 6.36. The molecule has 3 fully saturated rings. The quantitative estimate of drug-likeness (QED) is 0.666. The van der Waals surface area contributed by atoms with Crippen LogP contribution in [0.4, 0.5) is 0 Å². The molecule has 8 heteroatoms. The molecule has 1 amide bonds. The van der Waals surface area contributed by atoms with Gasteiger partial charge in [0, 0.05) is 44.3 Å². The van der Waals surface area contributed by atoms with E-state index in [0.29, 0.717) is 29.1 Å². The van der Waals surface area contributed by atoms with Crippen LogP contribution in [0, 0.1) is 17.8 Å². The number of aromatic amines is 1. The molecule has 1 N–H and O–H groups in total. The minimum atomic E-state index is -0.382. The van der Waals surface area contributed by atoms with Crippen molar-refractivity contribution >= 4 is 16.8 Å². The summed E-state index contributed by atoms with van der Waals surface area (Å²) >= 11 is 0. The van der Waals surface area contributed by atoms with Crippen molar-refractivity contribution in [3.63, 3.8) is 0 Å². The van der Waals surface area contributed by atoms with Crippen LogP contribution in [0.25, 0.3) is 10.9 Å². The normalized spacial score (nSPS) is 23.2. The lowest BCUT2D eigenvalue weighted by Crippen LogP contribution is -2.50. The molecule has 0 spiro atoms. The van der Waals surface area contributed by atoms with Gasteiger partial charge < -0.3 is 19.5 Å². The van der Waals surface area contributed by atoms with E-state index in [1.807, 2.05) is 4.90 Å². The first-order chi connectivity index (χ1) is 17.4. The zero-order chi connectivity index (χ0) is 25.2. The summed E-state index contributed by atoms with van der Waals surface area (Å²) in [5, 5.41) is 0.451. The number of hydrogen-bond donors (Lipinski definition) is 1. The van der Waals surface area contributed by atoms with Gasteiger partial charge in [-0.05, 0) is 68.6 Å². The van der Waals surface area contributed by atoms with Gasteiger partial charge in [-0.2, -0.15) is 0 Å². The highest BCUT2D eigenvalue weighted by molar-refractivity contribution is 5.79. The van der Waals surface area contributed by atoms with Gasteiger partial charge in [-0.25, -0.2) is 4.79 Å². The average molecular weight is 495 g/mol. The molecule has 2 aliphatic carbocycles. The number of allylic oxidation sites excluding steroid dienone is 1. The number of hydrogen-bond acceptors (Lipinski definition) is 5. The fourth-order valence-electron chi connectivity index (χ4n) is 6.36. The summed E-state index contributed by atoms with van der Waals surface area (Å²) in [7, 11) is 1.55. The Labute approximate surface area is 211 Å². The van der Waals surface area contributed by atoms with E-state index in [-0.39, 0.29) is 29.0 Å². The number of aromatic nitrogens is 2. The number of fused-ring (bicyclic) bond motifs is 1. The van der Waals surface area contributed by atoms with Crippen LogP contribution in [0.3, 0.4) is 0 Å². The van der Waals surface area contributed by atoms with Crippen molar-refractivity contribution in [2.75, 3.05) is 33.3 Å². The fraction of sp³-hybridized carbons (Fsp3) is 0.607. The molecule has 2 heterocycles. The SMILES string of the molecule is C=C(C1CCCC1)N1CCN(C(=O)C2CCC(Cn3c(=O)[nH]c4ccc(OC)cc4c3=O)CC2)CC1. The Morgan fingerprint density at radius 2 is 1.64 bits per heavy atom. The molecule has 0 radical (unpaired) electrons. The first kappa shape index (κ1) is 24.7. The van der Waals surface area contributed by atoms with Gasteiger partial charge in [0.05, 0.1) is 18.0 Å². The summed E-state index contributed by atoms with van der Waals surface area (Å²) in [6.45, 7) is 8.06. The van der Waals surface area contributed by atoms with Crippen molar-refractivity contribution in [3.05, 3.63) is 51.3 Å². The zero-order valence-corrected chi connectivity index (χ0v) is 21.3. The molecule has 8 nitrogen and oxygen atoms in total. The van der Waals surface area contributed by atoms with Gasteiger partial charge in [-0.3, -0.25) is 14.2 Å². The van der Waals surface area contributed by atoms with E-state index in [2.05, 4.69) is 16.5 Å². The van der Waals surface area contributed by atoms with Crippen LogP contribution in [0.1, 0.15) is 51.4 Å². The summed E-state index contributed by atoms with van der Waals surface area (Å²) in [6.07, 6.45) is 8.44. The van der Waals surface area contributed by atoms with Gasteiger partial charge in [0.15, 0.2) is 0 Å². The number of carbonyl (C=O) groups excluding carboxylic acids is 1. The standard InChI is InChI=1S/C28H38N4O4/c1-19(21-5-3-4-6-21)30-13-15-31(16-14-30)26(33)22-9-7-20(8-10-22)18-32-27(34)24-17-23(36-2)11-12-25(24)29-28(32)35/h11-12,17,20-22H,1,3-10,13-16,18H2,2H3,(H,29,35). The summed E-state index contributed by atoms with van der Waals surface area (Å²) in [5.41, 5.74) is 1.12. The molecule has 0 atom stereocenters. The molecule has 1 aromatic carbocycles. The first-order valence-electron chi connectivity index (χ1n) is 13.5. The van der Waals surface area contributed by atoms with Crippen LogP contribution >= 0.6 is 0 Å². The molecule has 2 saturated carbocycles. The van der Waals surface area contributed by atoms with Gasteiger partial charge in [-0.15, -0.1) is 0 Å². The number of H-pyrrole nitrogens is 1. The van der Waals surface area contributed by atoms with E-state index in [9.17, 15) is 14.4 Å². The highest BCUT2D eigenvalue weighted by atomic mass is 16.5. The largest absolute Gasteiger partial charge is 0.497 e. The Balaban J connectivity index is 1.15. The second-order valence-electron chi connectivity index (χ2n) is 10.8. The van der Waals surface area contributed by atoms with E-state index in [1.54, 1.807) is 25.3 Å². The third-order valence-corrected chi connectivity index (χ3v) is 8.65. The molecular weight excluding hydrogens is 456 g/mol. The van der Waals surface area contributed by atoms with Crippen molar-refractivity contribution in [3.8, 4) is 5.75 Å². The van der Waals surface area contributed by atoms with Crippen LogP contribution in [0.15, 0.2) is 40.1 Å². The molecule has 1 saturated heterocycles. The van der Waals surface area contributed by atoms with Crippen molar-refractivity contribution in [2.45, 2.75) is 57.9 Å². The molecule has 0 unspecified atom stereocenters. The minimum absolute atomic E-state index is 0.0432. The number of nitrogens with zero attached hydrogens (tertiary/aromatic N) is 3. The Morgan fingerprint density at radius 1 is 0.972 bits per heavy atom. The summed E-state index contributed by atoms with van der Waals surface area (Å²) in [5.74, 6) is 1.74. The number of nitrogens with one attached hydrogen (secondary N) is 1. The van der Waals surface area contributed by atoms with E-state index < -0.39 is 0 Å². The number of piperazine rings is 1. The van der Waals surface area contributed by atoms with Crippen molar-refractivity contribution in [1.29, 1.82) is 0 Å². The summed E-state index contributed by atoms with van der Waals surface area (Å²) in [6, 6.07) is 5.09. The van der Waals surface area contributed by atoms with E-state index in [0.717, 1.165) is 51.9 Å². The molecule has 2 aromatic rings. The number of benzene rings is 1. The number of amides is 1. The molecule has 1 aromatic heterocycles. The maximum atomic E-state index is 13.2. The van der Waals surface area contributed by atoms with Crippen molar-refractivity contribution < 1.29 is 9.53 Å². The summed E-state index contributed by atoms with van der Waals surface area (Å²) in [4.78, 5) is 46.1. The summed E-state index contributed by atoms with van der Waals surface area (Å²) < 4.78 is 6.55. The molecule has 3 aliphatic rings. The van der Waals surface area contributed by atoms with Crippen LogP contribution < -0.4 is 16.0 Å². The third-order valence-electron chi connectivity index (χ3n) is 8.65. The van der Waals surface area contributed by atoms with Crippen molar-refractivity contribution in [2.24, 2.45) is 17.8 Å². The number of ether oxygens (including phenoxy) is 1. The Morgan fingerprint density at radius 3 is 2.31 bits per heavy atom. The van der Waals surface area contributed by atoms with Gasteiger partial charge >= 0.3 is 5.69 Å². The van der Waals surface area contributed by atoms with Gasteiger partial charge in [0.2, 0.25) is 5.91 Å². The zero-order valence-electron chi connectivity index (χ0n) is 21.3. The molecule has 36 heavy (non-hydrogen) atoms. The lowest BCUT2D eigenvalue weighted by molar-refractivity contribution is -0.138. The molecule has 5 rings (SSSR count). The van der Waals surface area contributed by atoms with Crippen LogP contribution in [-0.2, 0) is 11.3 Å². The Kier molecular flexibility index (Phi) is 7.21. The van der Waals surface area contributed by atoms with Gasteiger partial charge in [0.1, 0.15) is 5.75 Å². The second-order valence-corrected chi connectivity index (χ2v) is 10.8. The average Bonchev–Trinajstić information content (AvgIpc) is 3.46. The van der Waals surface area contributed by atoms with Crippen LogP contribution in [0.2, 0.25) is 0 Å². The topological polar surface area (TPSA) is 87.6 Å². The molecular formula is C28H38N4O4. The molecule has 0 bridgehead atoms. The highest BCUT2D eigenvalue weighted by Gasteiger charge is 2.32. The Hall–Kier alpha value is -3.03. The second kappa shape index (κ2) is 10.5. The molecule has 194 valence electrons. The smallest absolute Gasteiger partial charge is 0.328 e. The van der Waals surface area contributed by atoms with Crippen LogP contribution in [-0.4, -0.2) is 58.5 Å². The first-order valence-corrected chi connectivity index (χ1v) is 13.5.